The van der Waals surface area contributed by atoms with Crippen molar-refractivity contribution >= 4 is 53.1 Å². The molecule has 204 valence electrons. The number of rotatable bonds is 16. The summed E-state index contributed by atoms with van der Waals surface area (Å²) in [6.45, 7) is 2.44. The van der Waals surface area contributed by atoms with Crippen LogP contribution in [0.2, 0.25) is 0 Å². The first kappa shape index (κ1) is 30.6. The smallest absolute Gasteiger partial charge is 0.327 e. The van der Waals surface area contributed by atoms with Crippen LogP contribution in [0.4, 0.5) is 0 Å². The Bertz CT molecular complexity index is 1020. The molecule has 0 bridgehead atoms. The lowest BCUT2D eigenvalue weighted by Gasteiger charge is -2.21. The summed E-state index contributed by atoms with van der Waals surface area (Å²) in [6.07, 6.45) is 8.78. The molecular formula is C23H28N6O7S2. The highest BCUT2D eigenvalue weighted by molar-refractivity contribution is 7.99. The van der Waals surface area contributed by atoms with E-state index in [1.165, 1.54) is 51.0 Å². The zero-order valence-corrected chi connectivity index (χ0v) is 22.3. The third-order valence-corrected chi connectivity index (χ3v) is 7.60. The van der Waals surface area contributed by atoms with Gasteiger partial charge in [-0.25, -0.2) is 9.59 Å². The van der Waals surface area contributed by atoms with Crippen molar-refractivity contribution in [3.8, 4) is 0 Å². The Hall–Kier alpha value is -3.59. The summed E-state index contributed by atoms with van der Waals surface area (Å²) in [7, 11) is 0. The van der Waals surface area contributed by atoms with Crippen LogP contribution in [0.3, 0.4) is 0 Å². The number of ketones is 1. The van der Waals surface area contributed by atoms with E-state index in [0.29, 0.717) is 11.4 Å². The molecule has 0 saturated heterocycles. The van der Waals surface area contributed by atoms with Crippen molar-refractivity contribution in [2.24, 2.45) is 0 Å². The molecule has 4 N–H and O–H groups in total. The maximum atomic E-state index is 13.2. The Morgan fingerprint density at radius 3 is 1.42 bits per heavy atom. The number of carbonyl (C=O) groups is 5. The van der Waals surface area contributed by atoms with Gasteiger partial charge < -0.3 is 20.8 Å². The number of aliphatic carboxylic acids is 2. The topological polar surface area (TPSA) is 201 Å². The van der Waals surface area contributed by atoms with Gasteiger partial charge in [0.2, 0.25) is 11.8 Å². The summed E-state index contributed by atoms with van der Waals surface area (Å²) >= 11 is 2.31. The van der Waals surface area contributed by atoms with Crippen LogP contribution in [0.1, 0.15) is 48.6 Å². The van der Waals surface area contributed by atoms with Crippen LogP contribution in [0.25, 0.3) is 0 Å². The standard InChI is InChI=1S/C23H28N6O7S2/c1-13(30)28-18(22(33)34)11-37-20(16-9-24-3-5-26-16)7-15(32)8-21(17-10-25-4-6-27-17)38-12-19(23(35)36)29-14(2)31/h3-6,9-10,18-21H,7-8,11-12H2,1-2H3,(H,28,30)(H,29,31)(H,33,34)(H,35,36). The third kappa shape index (κ3) is 10.8. The fraction of sp³-hybridized carbons (Fsp3) is 0.435. The summed E-state index contributed by atoms with van der Waals surface area (Å²) in [6, 6.07) is -2.31. The Balaban J connectivity index is 2.17. The predicted molar refractivity (Wildman–Crippen MR) is 139 cm³/mol. The van der Waals surface area contributed by atoms with E-state index in [1.54, 1.807) is 0 Å². The molecule has 4 atom stereocenters. The third-order valence-electron chi connectivity index (χ3n) is 4.93. The molecule has 2 aromatic rings. The van der Waals surface area contributed by atoms with Gasteiger partial charge in [0.1, 0.15) is 17.9 Å². The maximum absolute atomic E-state index is 13.2. The molecule has 15 heteroatoms. The van der Waals surface area contributed by atoms with Crippen molar-refractivity contribution in [1.82, 2.24) is 30.6 Å². The first-order valence-corrected chi connectivity index (χ1v) is 13.4. The van der Waals surface area contributed by atoms with E-state index in [-0.39, 0.29) is 30.1 Å². The average Bonchev–Trinajstić information content (AvgIpc) is 2.87. The SMILES string of the molecule is CC(=O)NC(CSC(CC(=O)CC(SCC(NC(C)=O)C(=O)O)c1cnccn1)c1cnccn1)C(=O)O. The number of carboxylic acid groups (broad SMARTS) is 2. The summed E-state index contributed by atoms with van der Waals surface area (Å²) in [5, 5.41) is 22.5. The molecule has 0 aliphatic rings. The second kappa shape index (κ2) is 15.6. The van der Waals surface area contributed by atoms with E-state index in [0.717, 1.165) is 23.5 Å². The Labute approximate surface area is 227 Å². The van der Waals surface area contributed by atoms with Crippen LogP contribution < -0.4 is 10.6 Å². The molecule has 2 amide bonds. The zero-order valence-electron chi connectivity index (χ0n) is 20.6. The molecule has 2 heterocycles. The van der Waals surface area contributed by atoms with Gasteiger partial charge in [-0.05, 0) is 0 Å². The van der Waals surface area contributed by atoms with Crippen molar-refractivity contribution < 1.29 is 34.2 Å². The molecule has 38 heavy (non-hydrogen) atoms. The van der Waals surface area contributed by atoms with Crippen molar-refractivity contribution in [2.75, 3.05) is 11.5 Å². The Kier molecular flexibility index (Phi) is 12.6. The number of Topliss-reactive ketones (excluding diaryl/α,β-unsaturated/α-hetero) is 1. The molecule has 0 spiro atoms. The van der Waals surface area contributed by atoms with Gasteiger partial charge in [0.05, 0.1) is 21.9 Å². The van der Waals surface area contributed by atoms with E-state index in [1.807, 2.05) is 0 Å². The number of nitrogens with one attached hydrogen (secondary N) is 2. The highest BCUT2D eigenvalue weighted by Gasteiger charge is 2.28. The number of hydrogen-bond donors (Lipinski definition) is 4. The molecule has 2 rings (SSSR count). The number of carboxylic acids is 2. The Morgan fingerprint density at radius 2 is 1.13 bits per heavy atom. The van der Waals surface area contributed by atoms with Crippen molar-refractivity contribution in [1.29, 1.82) is 0 Å². The Morgan fingerprint density at radius 1 is 0.737 bits per heavy atom. The molecule has 2 aromatic heterocycles. The molecule has 0 radical (unpaired) electrons. The highest BCUT2D eigenvalue weighted by Crippen LogP contribution is 2.36. The van der Waals surface area contributed by atoms with E-state index in [4.69, 9.17) is 0 Å². The molecule has 0 aliphatic carbocycles. The van der Waals surface area contributed by atoms with Gasteiger partial charge in [-0.3, -0.25) is 34.3 Å². The fourth-order valence-electron chi connectivity index (χ4n) is 3.21. The van der Waals surface area contributed by atoms with Gasteiger partial charge >= 0.3 is 11.9 Å². The summed E-state index contributed by atoms with van der Waals surface area (Å²) in [5.74, 6) is -3.63. The van der Waals surface area contributed by atoms with Crippen molar-refractivity contribution in [3.05, 3.63) is 48.6 Å². The molecule has 4 unspecified atom stereocenters. The minimum atomic E-state index is -1.21. The van der Waals surface area contributed by atoms with Crippen LogP contribution in [0, 0.1) is 0 Å². The average molecular weight is 565 g/mol. The minimum absolute atomic E-state index is 0.0111. The van der Waals surface area contributed by atoms with Gasteiger partial charge in [0.25, 0.3) is 0 Å². The number of amides is 2. The lowest BCUT2D eigenvalue weighted by molar-refractivity contribution is -0.141. The first-order chi connectivity index (χ1) is 18.1. The number of carbonyl (C=O) groups excluding carboxylic acids is 3. The molecule has 0 saturated carbocycles. The normalized spacial score (nSPS) is 13.9. The quantitative estimate of drug-likeness (QED) is 0.225. The van der Waals surface area contributed by atoms with Crippen LogP contribution in [0.15, 0.2) is 37.2 Å². The number of nitrogens with zero attached hydrogens (tertiary/aromatic N) is 4. The minimum Gasteiger partial charge on any atom is -0.480 e. The lowest BCUT2D eigenvalue weighted by Crippen LogP contribution is -2.41. The second-order valence-electron chi connectivity index (χ2n) is 8.03. The van der Waals surface area contributed by atoms with E-state index < -0.39 is 46.3 Å². The van der Waals surface area contributed by atoms with Crippen LogP contribution >= 0.6 is 23.5 Å². The van der Waals surface area contributed by atoms with Gasteiger partial charge in [-0.15, -0.1) is 23.5 Å². The van der Waals surface area contributed by atoms with Crippen molar-refractivity contribution in [3.63, 3.8) is 0 Å². The van der Waals surface area contributed by atoms with E-state index in [2.05, 4.69) is 30.6 Å². The highest BCUT2D eigenvalue weighted by atomic mass is 32.2. The number of aromatic nitrogens is 4. The summed E-state index contributed by atoms with van der Waals surface area (Å²) in [4.78, 5) is 75.7. The molecular weight excluding hydrogens is 536 g/mol. The van der Waals surface area contributed by atoms with Crippen LogP contribution in [-0.4, -0.2) is 83.3 Å². The largest absolute Gasteiger partial charge is 0.480 e. The second-order valence-corrected chi connectivity index (χ2v) is 10.5. The maximum Gasteiger partial charge on any atom is 0.327 e. The van der Waals surface area contributed by atoms with Gasteiger partial charge in [0.15, 0.2) is 0 Å². The monoisotopic (exact) mass is 564 g/mol. The van der Waals surface area contributed by atoms with Crippen LogP contribution in [0.5, 0.6) is 0 Å². The van der Waals surface area contributed by atoms with Crippen molar-refractivity contribution in [2.45, 2.75) is 49.3 Å². The molecule has 0 fully saturated rings. The van der Waals surface area contributed by atoms with Gasteiger partial charge in [0, 0.05) is 75.4 Å². The van der Waals surface area contributed by atoms with Gasteiger partial charge in [-0.1, -0.05) is 0 Å². The predicted octanol–water partition coefficient (Wildman–Crippen LogP) is 1.04. The lowest BCUT2D eigenvalue weighted by atomic mass is 10.1. The number of hydrogen-bond acceptors (Lipinski definition) is 11. The fourth-order valence-corrected chi connectivity index (χ4v) is 5.71. The van der Waals surface area contributed by atoms with Crippen LogP contribution in [-0.2, 0) is 24.0 Å². The first-order valence-electron chi connectivity index (χ1n) is 11.3. The van der Waals surface area contributed by atoms with E-state index in [9.17, 15) is 34.2 Å². The zero-order chi connectivity index (χ0) is 28.1. The summed E-state index contributed by atoms with van der Waals surface area (Å²) < 4.78 is 0. The summed E-state index contributed by atoms with van der Waals surface area (Å²) in [5.41, 5.74) is 0.941. The van der Waals surface area contributed by atoms with E-state index >= 15 is 0 Å². The number of thioether (sulfide) groups is 2. The van der Waals surface area contributed by atoms with Gasteiger partial charge in [-0.2, -0.15) is 0 Å². The molecule has 13 nitrogen and oxygen atoms in total. The molecule has 0 aromatic carbocycles. The molecule has 0 aliphatic heterocycles.